The average molecular weight is 281 g/mol. The van der Waals surface area contributed by atoms with Gasteiger partial charge in [-0.05, 0) is 42.5 Å². The van der Waals surface area contributed by atoms with Crippen molar-refractivity contribution >= 4 is 28.8 Å². The Morgan fingerprint density at radius 1 is 1.50 bits per heavy atom. The Bertz CT molecular complexity index is 511. The van der Waals surface area contributed by atoms with E-state index in [0.29, 0.717) is 11.9 Å². The van der Waals surface area contributed by atoms with Crippen LogP contribution in [-0.2, 0) is 5.88 Å². The Labute approximate surface area is 117 Å². The SMILES string of the molecule is Cc1cc(CCl)cnc1N(C)C(C)c1cccs1. The number of thiophene rings is 1. The minimum atomic E-state index is 0.332. The summed E-state index contributed by atoms with van der Waals surface area (Å²) in [5, 5.41) is 2.11. The van der Waals surface area contributed by atoms with Gasteiger partial charge < -0.3 is 4.90 Å². The molecule has 0 fully saturated rings. The summed E-state index contributed by atoms with van der Waals surface area (Å²) < 4.78 is 0. The molecule has 0 bridgehead atoms. The van der Waals surface area contributed by atoms with Crippen LogP contribution in [0.4, 0.5) is 5.82 Å². The average Bonchev–Trinajstić information content (AvgIpc) is 2.90. The highest BCUT2D eigenvalue weighted by Gasteiger charge is 2.16. The highest BCUT2D eigenvalue weighted by atomic mass is 35.5. The van der Waals surface area contributed by atoms with Crippen molar-refractivity contribution < 1.29 is 0 Å². The predicted molar refractivity (Wildman–Crippen MR) is 79.7 cm³/mol. The zero-order valence-electron chi connectivity index (χ0n) is 10.9. The van der Waals surface area contributed by atoms with Crippen LogP contribution in [0.3, 0.4) is 0 Å². The monoisotopic (exact) mass is 280 g/mol. The Balaban J connectivity index is 2.26. The zero-order valence-corrected chi connectivity index (χ0v) is 12.4. The zero-order chi connectivity index (χ0) is 13.1. The number of nitrogens with zero attached hydrogens (tertiary/aromatic N) is 2. The van der Waals surface area contributed by atoms with E-state index in [4.69, 9.17) is 11.6 Å². The molecule has 0 saturated heterocycles. The third kappa shape index (κ3) is 2.68. The summed E-state index contributed by atoms with van der Waals surface area (Å²) in [7, 11) is 2.08. The molecule has 0 radical (unpaired) electrons. The molecule has 0 amide bonds. The number of anilines is 1. The quantitative estimate of drug-likeness (QED) is 0.772. The molecule has 0 aliphatic heterocycles. The van der Waals surface area contributed by atoms with Gasteiger partial charge in [-0.2, -0.15) is 0 Å². The maximum atomic E-state index is 5.82. The highest BCUT2D eigenvalue weighted by molar-refractivity contribution is 7.10. The second kappa shape index (κ2) is 5.72. The molecule has 1 atom stereocenters. The summed E-state index contributed by atoms with van der Waals surface area (Å²) in [6.45, 7) is 4.28. The number of hydrogen-bond donors (Lipinski definition) is 0. The third-order valence-corrected chi connectivity index (χ3v) is 4.48. The molecule has 18 heavy (non-hydrogen) atoms. The van der Waals surface area contributed by atoms with Gasteiger partial charge in [-0.15, -0.1) is 22.9 Å². The first-order valence-corrected chi connectivity index (χ1v) is 7.32. The molecule has 2 aromatic heterocycles. The number of alkyl halides is 1. The first-order valence-electron chi connectivity index (χ1n) is 5.91. The Morgan fingerprint density at radius 3 is 2.83 bits per heavy atom. The Hall–Kier alpha value is -1.06. The molecule has 4 heteroatoms. The molecule has 96 valence electrons. The summed E-state index contributed by atoms with van der Waals surface area (Å²) in [4.78, 5) is 8.08. The summed E-state index contributed by atoms with van der Waals surface area (Å²) in [5.74, 6) is 1.53. The van der Waals surface area contributed by atoms with Gasteiger partial charge in [0.2, 0.25) is 0 Å². The van der Waals surface area contributed by atoms with Gasteiger partial charge in [0, 0.05) is 24.0 Å². The van der Waals surface area contributed by atoms with E-state index >= 15 is 0 Å². The molecular weight excluding hydrogens is 264 g/mol. The van der Waals surface area contributed by atoms with Crippen molar-refractivity contribution in [1.29, 1.82) is 0 Å². The molecule has 0 saturated carbocycles. The maximum Gasteiger partial charge on any atom is 0.131 e. The number of halogens is 1. The molecule has 0 N–H and O–H groups in total. The summed E-state index contributed by atoms with van der Waals surface area (Å²) >= 11 is 7.60. The summed E-state index contributed by atoms with van der Waals surface area (Å²) in [6.07, 6.45) is 1.85. The van der Waals surface area contributed by atoms with E-state index in [1.165, 1.54) is 10.4 Å². The van der Waals surface area contributed by atoms with Crippen LogP contribution in [0.5, 0.6) is 0 Å². The minimum Gasteiger partial charge on any atom is -0.352 e. The summed E-state index contributed by atoms with van der Waals surface area (Å²) in [5.41, 5.74) is 2.23. The van der Waals surface area contributed by atoms with Gasteiger partial charge in [-0.3, -0.25) is 0 Å². The van der Waals surface area contributed by atoms with Gasteiger partial charge >= 0.3 is 0 Å². The fraction of sp³-hybridized carbons (Fsp3) is 0.357. The summed E-state index contributed by atoms with van der Waals surface area (Å²) in [6, 6.07) is 6.68. The Morgan fingerprint density at radius 2 is 2.28 bits per heavy atom. The number of aromatic nitrogens is 1. The van der Waals surface area contributed by atoms with Crippen molar-refractivity contribution in [3.63, 3.8) is 0 Å². The van der Waals surface area contributed by atoms with Crippen LogP contribution in [0.25, 0.3) is 0 Å². The molecular formula is C14H17ClN2S. The molecule has 0 aliphatic rings. The predicted octanol–water partition coefficient (Wildman–Crippen LogP) is 4.39. The molecule has 0 aliphatic carbocycles. The standard InChI is InChI=1S/C14H17ClN2S/c1-10-7-12(8-15)9-16-14(10)17(3)11(2)13-5-4-6-18-13/h4-7,9,11H,8H2,1-3H3. The first-order chi connectivity index (χ1) is 8.63. The van der Waals surface area contributed by atoms with E-state index in [2.05, 4.69) is 54.4 Å². The number of hydrogen-bond acceptors (Lipinski definition) is 3. The lowest BCUT2D eigenvalue weighted by Crippen LogP contribution is -2.22. The third-order valence-electron chi connectivity index (χ3n) is 3.13. The number of aryl methyl sites for hydroxylation is 1. The highest BCUT2D eigenvalue weighted by Crippen LogP contribution is 2.29. The van der Waals surface area contributed by atoms with E-state index in [1.807, 2.05) is 6.20 Å². The number of rotatable bonds is 4. The molecule has 2 heterocycles. The van der Waals surface area contributed by atoms with Crippen LogP contribution in [0.15, 0.2) is 29.8 Å². The first kappa shape index (κ1) is 13.4. The molecule has 0 aromatic carbocycles. The Kier molecular flexibility index (Phi) is 4.25. The van der Waals surface area contributed by atoms with Crippen molar-refractivity contribution in [3.8, 4) is 0 Å². The second-order valence-electron chi connectivity index (χ2n) is 4.42. The maximum absolute atomic E-state index is 5.82. The molecule has 2 aromatic rings. The number of pyridine rings is 1. The lowest BCUT2D eigenvalue weighted by atomic mass is 10.2. The topological polar surface area (TPSA) is 16.1 Å². The van der Waals surface area contributed by atoms with Crippen LogP contribution in [0.2, 0.25) is 0 Å². The molecule has 2 rings (SSSR count). The lowest BCUT2D eigenvalue weighted by molar-refractivity contribution is 0.738. The minimum absolute atomic E-state index is 0.332. The van der Waals surface area contributed by atoms with Crippen molar-refractivity contribution in [3.05, 3.63) is 45.8 Å². The molecule has 0 spiro atoms. The van der Waals surface area contributed by atoms with Crippen molar-refractivity contribution in [2.45, 2.75) is 25.8 Å². The van der Waals surface area contributed by atoms with E-state index in [9.17, 15) is 0 Å². The normalized spacial score (nSPS) is 12.4. The van der Waals surface area contributed by atoms with E-state index in [-0.39, 0.29) is 0 Å². The van der Waals surface area contributed by atoms with Crippen molar-refractivity contribution in [2.24, 2.45) is 0 Å². The van der Waals surface area contributed by atoms with Gasteiger partial charge in [0.05, 0.1) is 6.04 Å². The second-order valence-corrected chi connectivity index (χ2v) is 5.67. The lowest BCUT2D eigenvalue weighted by Gasteiger charge is -2.26. The van der Waals surface area contributed by atoms with Crippen LogP contribution in [0.1, 0.15) is 29.0 Å². The van der Waals surface area contributed by atoms with Gasteiger partial charge in [-0.1, -0.05) is 6.07 Å². The van der Waals surface area contributed by atoms with Crippen LogP contribution in [0, 0.1) is 6.92 Å². The van der Waals surface area contributed by atoms with E-state index in [1.54, 1.807) is 11.3 Å². The van der Waals surface area contributed by atoms with E-state index < -0.39 is 0 Å². The fourth-order valence-electron chi connectivity index (χ4n) is 1.97. The van der Waals surface area contributed by atoms with E-state index in [0.717, 1.165) is 11.4 Å². The fourth-order valence-corrected chi connectivity index (χ4v) is 2.94. The molecule has 2 nitrogen and oxygen atoms in total. The largest absolute Gasteiger partial charge is 0.352 e. The van der Waals surface area contributed by atoms with Crippen molar-refractivity contribution in [2.75, 3.05) is 11.9 Å². The van der Waals surface area contributed by atoms with Crippen molar-refractivity contribution in [1.82, 2.24) is 4.98 Å². The van der Waals surface area contributed by atoms with Crippen LogP contribution in [-0.4, -0.2) is 12.0 Å². The van der Waals surface area contributed by atoms with Gasteiger partial charge in [0.25, 0.3) is 0 Å². The van der Waals surface area contributed by atoms with Gasteiger partial charge in [-0.25, -0.2) is 4.98 Å². The van der Waals surface area contributed by atoms with Crippen LogP contribution < -0.4 is 4.90 Å². The van der Waals surface area contributed by atoms with Gasteiger partial charge in [0.15, 0.2) is 0 Å². The van der Waals surface area contributed by atoms with Gasteiger partial charge in [0.1, 0.15) is 5.82 Å². The molecule has 1 unspecified atom stereocenters. The smallest absolute Gasteiger partial charge is 0.131 e. The van der Waals surface area contributed by atoms with Crippen LogP contribution >= 0.6 is 22.9 Å².